The van der Waals surface area contributed by atoms with Gasteiger partial charge in [0.1, 0.15) is 11.5 Å². The summed E-state index contributed by atoms with van der Waals surface area (Å²) in [6, 6.07) is 0. The largest absolute Gasteiger partial charge is 0.449 e. The highest BCUT2D eigenvalue weighted by molar-refractivity contribution is 8.13. The molecule has 0 rings (SSSR count). The molecular formula is C16H22O5S2. The van der Waals surface area contributed by atoms with E-state index in [0.717, 1.165) is 23.5 Å². The molecule has 7 heteroatoms. The van der Waals surface area contributed by atoms with E-state index in [9.17, 15) is 19.8 Å². The highest BCUT2D eigenvalue weighted by Gasteiger charge is 2.15. The van der Waals surface area contributed by atoms with Crippen LogP contribution in [0.5, 0.6) is 0 Å². The van der Waals surface area contributed by atoms with Gasteiger partial charge in [0.2, 0.25) is 0 Å². The van der Waals surface area contributed by atoms with Gasteiger partial charge in [-0.2, -0.15) is 0 Å². The Kier molecular flexibility index (Phi) is 11.6. The summed E-state index contributed by atoms with van der Waals surface area (Å²) >= 11 is 2.04. The Balaban J connectivity index is 4.47. The van der Waals surface area contributed by atoms with E-state index >= 15 is 0 Å². The zero-order valence-corrected chi connectivity index (χ0v) is 15.0. The Bertz CT molecular complexity index is 471. The molecule has 0 heterocycles. The van der Waals surface area contributed by atoms with Crippen molar-refractivity contribution in [2.75, 3.05) is 11.5 Å². The van der Waals surface area contributed by atoms with Gasteiger partial charge in [0.05, 0.1) is 12.2 Å². The summed E-state index contributed by atoms with van der Waals surface area (Å²) in [4.78, 5) is 21.7. The Hall–Kier alpha value is -1.20. The van der Waals surface area contributed by atoms with Crippen LogP contribution in [0.15, 0.2) is 36.1 Å². The molecule has 2 atom stereocenters. The first kappa shape index (κ1) is 21.8. The van der Waals surface area contributed by atoms with Crippen LogP contribution in [0, 0.1) is 0 Å². The third kappa shape index (κ3) is 12.0. The molecule has 0 aliphatic rings. The lowest BCUT2D eigenvalue weighted by Gasteiger charge is -2.15. The standard InChI is InChI=1S/C16H22O5S2/c1-5-15(7-13(19)9-22-11(3)17)21-16(6-2)8-14(20)10-23-12(4)18/h13-14,19-20H,1-2,7-10H2,3-4H3. The molecule has 23 heavy (non-hydrogen) atoms. The quantitative estimate of drug-likeness (QED) is 0.458. The SMILES string of the molecule is C=C=C(CC(O)CSC(C)=O)OC(=C=C)CC(O)CSC(C)=O. The summed E-state index contributed by atoms with van der Waals surface area (Å²) in [7, 11) is 0. The molecule has 0 aliphatic heterocycles. The van der Waals surface area contributed by atoms with E-state index in [1.165, 1.54) is 13.8 Å². The van der Waals surface area contributed by atoms with E-state index in [4.69, 9.17) is 4.74 Å². The highest BCUT2D eigenvalue weighted by atomic mass is 32.2. The maximum Gasteiger partial charge on any atom is 0.185 e. The number of carbonyl (C=O) groups excluding carboxylic acids is 2. The molecule has 2 unspecified atom stereocenters. The van der Waals surface area contributed by atoms with Crippen LogP contribution < -0.4 is 0 Å². The Morgan fingerprint density at radius 1 is 0.957 bits per heavy atom. The number of carbonyl (C=O) groups is 2. The van der Waals surface area contributed by atoms with Crippen molar-refractivity contribution < 1.29 is 24.5 Å². The Labute approximate surface area is 145 Å². The fourth-order valence-electron chi connectivity index (χ4n) is 1.42. The van der Waals surface area contributed by atoms with Crippen molar-refractivity contribution in [2.24, 2.45) is 0 Å². The summed E-state index contributed by atoms with van der Waals surface area (Å²) < 4.78 is 5.48. The molecular weight excluding hydrogens is 336 g/mol. The Morgan fingerprint density at radius 3 is 1.57 bits per heavy atom. The topological polar surface area (TPSA) is 83.8 Å². The molecule has 0 saturated carbocycles. The lowest BCUT2D eigenvalue weighted by Crippen LogP contribution is -2.15. The van der Waals surface area contributed by atoms with Gasteiger partial charge in [-0.3, -0.25) is 9.59 Å². The van der Waals surface area contributed by atoms with E-state index in [1.807, 2.05) is 0 Å². The van der Waals surface area contributed by atoms with Crippen molar-refractivity contribution in [3.05, 3.63) is 36.1 Å². The number of rotatable bonds is 10. The van der Waals surface area contributed by atoms with E-state index in [-0.39, 0.29) is 46.1 Å². The first-order chi connectivity index (χ1) is 10.8. The van der Waals surface area contributed by atoms with Gasteiger partial charge in [0, 0.05) is 38.2 Å². The molecule has 5 nitrogen and oxygen atoms in total. The van der Waals surface area contributed by atoms with Crippen LogP contribution in [-0.4, -0.2) is 44.2 Å². The van der Waals surface area contributed by atoms with Crippen molar-refractivity contribution in [3.8, 4) is 0 Å². The van der Waals surface area contributed by atoms with E-state index < -0.39 is 12.2 Å². The third-order valence-corrected chi connectivity index (χ3v) is 4.36. The fraction of sp³-hybridized carbons (Fsp3) is 0.500. The van der Waals surface area contributed by atoms with Crippen LogP contribution in [0.3, 0.4) is 0 Å². The first-order valence-electron chi connectivity index (χ1n) is 6.87. The van der Waals surface area contributed by atoms with Crippen LogP contribution in [0.25, 0.3) is 0 Å². The smallest absolute Gasteiger partial charge is 0.185 e. The number of aliphatic hydroxyl groups is 2. The van der Waals surface area contributed by atoms with E-state index in [0.29, 0.717) is 0 Å². The minimum atomic E-state index is -0.780. The van der Waals surface area contributed by atoms with Crippen LogP contribution in [0.2, 0.25) is 0 Å². The van der Waals surface area contributed by atoms with Gasteiger partial charge in [-0.05, 0) is 0 Å². The summed E-state index contributed by atoms with van der Waals surface area (Å²) in [5, 5.41) is 19.5. The third-order valence-electron chi connectivity index (χ3n) is 2.44. The molecule has 0 aromatic rings. The van der Waals surface area contributed by atoms with Gasteiger partial charge in [-0.25, -0.2) is 0 Å². The second kappa shape index (κ2) is 12.3. The number of hydrogen-bond donors (Lipinski definition) is 2. The van der Waals surface area contributed by atoms with Gasteiger partial charge < -0.3 is 14.9 Å². The van der Waals surface area contributed by atoms with Crippen molar-refractivity contribution in [2.45, 2.75) is 38.9 Å². The number of hydrogen-bond acceptors (Lipinski definition) is 7. The molecule has 0 radical (unpaired) electrons. The van der Waals surface area contributed by atoms with Crippen LogP contribution in [0.1, 0.15) is 26.7 Å². The van der Waals surface area contributed by atoms with E-state index in [1.54, 1.807) is 0 Å². The minimum absolute atomic E-state index is 0.0770. The van der Waals surface area contributed by atoms with Gasteiger partial charge >= 0.3 is 0 Å². The second-order valence-corrected chi connectivity index (χ2v) is 7.02. The summed E-state index contributed by atoms with van der Waals surface area (Å²) in [5.74, 6) is 1.04. The molecule has 0 fully saturated rings. The van der Waals surface area contributed by atoms with Crippen LogP contribution >= 0.6 is 23.5 Å². The summed E-state index contributed by atoms with van der Waals surface area (Å²) in [5.41, 5.74) is 5.14. The van der Waals surface area contributed by atoms with Gasteiger partial charge in [-0.15, -0.1) is 0 Å². The lowest BCUT2D eigenvalue weighted by molar-refractivity contribution is -0.110. The number of thioether (sulfide) groups is 2. The summed E-state index contributed by atoms with van der Waals surface area (Å²) in [6.45, 7) is 9.84. The van der Waals surface area contributed by atoms with Crippen molar-refractivity contribution in [1.29, 1.82) is 0 Å². The van der Waals surface area contributed by atoms with Crippen LogP contribution in [0.4, 0.5) is 0 Å². The molecule has 0 aliphatic carbocycles. The predicted octanol–water partition coefficient (Wildman–Crippen LogP) is 2.40. The average molecular weight is 358 g/mol. The molecule has 0 bridgehead atoms. The van der Waals surface area contributed by atoms with Crippen molar-refractivity contribution in [1.82, 2.24) is 0 Å². The van der Waals surface area contributed by atoms with Crippen molar-refractivity contribution >= 4 is 33.8 Å². The van der Waals surface area contributed by atoms with Crippen LogP contribution in [-0.2, 0) is 14.3 Å². The second-order valence-electron chi connectivity index (χ2n) is 4.62. The first-order valence-corrected chi connectivity index (χ1v) is 8.84. The Morgan fingerprint density at radius 2 is 1.30 bits per heavy atom. The molecule has 0 saturated heterocycles. The number of ether oxygens (including phenoxy) is 1. The van der Waals surface area contributed by atoms with Gasteiger partial charge in [-0.1, -0.05) is 48.1 Å². The molecule has 0 aromatic carbocycles. The van der Waals surface area contributed by atoms with E-state index in [2.05, 4.69) is 24.6 Å². The normalized spacial score (nSPS) is 12.5. The maximum atomic E-state index is 10.9. The number of aliphatic hydroxyl groups excluding tert-OH is 2. The lowest BCUT2D eigenvalue weighted by atomic mass is 10.2. The molecule has 0 aromatic heterocycles. The van der Waals surface area contributed by atoms with Crippen molar-refractivity contribution in [3.63, 3.8) is 0 Å². The maximum absolute atomic E-state index is 10.9. The van der Waals surface area contributed by atoms with Gasteiger partial charge in [0.25, 0.3) is 0 Å². The minimum Gasteiger partial charge on any atom is -0.449 e. The average Bonchev–Trinajstić information content (AvgIpc) is 2.49. The monoisotopic (exact) mass is 358 g/mol. The predicted molar refractivity (Wildman–Crippen MR) is 93.9 cm³/mol. The zero-order chi connectivity index (χ0) is 17.8. The highest BCUT2D eigenvalue weighted by Crippen LogP contribution is 2.18. The van der Waals surface area contributed by atoms with Gasteiger partial charge in [0.15, 0.2) is 10.2 Å². The molecule has 128 valence electrons. The molecule has 0 amide bonds. The fourth-order valence-corrected chi connectivity index (χ4v) is 2.51. The summed E-state index contributed by atoms with van der Waals surface area (Å²) in [6.07, 6.45) is -1.30. The molecule has 2 N–H and O–H groups in total. The zero-order valence-electron chi connectivity index (χ0n) is 13.3. The molecule has 0 spiro atoms.